The molecule has 0 spiro atoms. The Balaban J connectivity index is 1.34. The van der Waals surface area contributed by atoms with E-state index in [4.69, 9.17) is 0 Å². The smallest absolute Gasteiger partial charge is 0.235 e. The SMILES string of the molecule is O=[SH+](O)c1cccc(-c2cnn3cc(-c4ccc(CCN5CCCCC5)cc4)cnc23)c1. The Labute approximate surface area is 190 Å². The molecule has 2 aromatic carbocycles. The molecule has 1 aliphatic heterocycles. The summed E-state index contributed by atoms with van der Waals surface area (Å²) < 4.78 is 22.6. The van der Waals surface area contributed by atoms with Crippen molar-refractivity contribution in [2.45, 2.75) is 30.6 Å². The van der Waals surface area contributed by atoms with Crippen LogP contribution in [0.5, 0.6) is 0 Å². The number of piperidine rings is 1. The number of benzene rings is 2. The molecule has 6 nitrogen and oxygen atoms in total. The number of fused-ring (bicyclic) bond motifs is 1. The van der Waals surface area contributed by atoms with Crippen molar-refractivity contribution in [3.05, 3.63) is 72.7 Å². The second-order valence-electron chi connectivity index (χ2n) is 8.34. The van der Waals surface area contributed by atoms with Crippen LogP contribution in [0.4, 0.5) is 0 Å². The van der Waals surface area contributed by atoms with E-state index >= 15 is 0 Å². The van der Waals surface area contributed by atoms with Crippen LogP contribution < -0.4 is 0 Å². The molecule has 4 aromatic rings. The predicted octanol–water partition coefficient (Wildman–Crippen LogP) is 4.62. The Hall–Kier alpha value is -2.87. The van der Waals surface area contributed by atoms with E-state index < -0.39 is 11.1 Å². The molecule has 0 aliphatic carbocycles. The molecule has 7 heteroatoms. The molecule has 32 heavy (non-hydrogen) atoms. The topological polar surface area (TPSA) is 70.7 Å². The fourth-order valence-electron chi connectivity index (χ4n) is 4.35. The summed E-state index contributed by atoms with van der Waals surface area (Å²) >= 11 is -2.38. The summed E-state index contributed by atoms with van der Waals surface area (Å²) in [6.45, 7) is 3.60. The molecule has 1 unspecified atom stereocenters. The van der Waals surface area contributed by atoms with Gasteiger partial charge in [-0.05, 0) is 55.1 Å². The zero-order valence-electron chi connectivity index (χ0n) is 17.9. The molecule has 0 bridgehead atoms. The van der Waals surface area contributed by atoms with E-state index in [1.54, 1.807) is 28.9 Å². The number of hydrogen-bond donors (Lipinski definition) is 1. The van der Waals surface area contributed by atoms with Crippen LogP contribution >= 0.6 is 0 Å². The van der Waals surface area contributed by atoms with Crippen LogP contribution in [0.25, 0.3) is 27.9 Å². The molecule has 1 atom stereocenters. The highest BCUT2D eigenvalue weighted by Gasteiger charge is 2.13. The van der Waals surface area contributed by atoms with Crippen molar-refractivity contribution >= 4 is 16.7 Å². The van der Waals surface area contributed by atoms with Crippen LogP contribution in [-0.2, 0) is 21.7 Å². The van der Waals surface area contributed by atoms with E-state index in [0.29, 0.717) is 4.90 Å². The fraction of sp³-hybridized carbons (Fsp3) is 0.280. The molecule has 3 heterocycles. The third-order valence-corrected chi connectivity index (χ3v) is 6.91. The molecular formula is C25H27N4O2S+. The molecule has 164 valence electrons. The monoisotopic (exact) mass is 447 g/mol. The second-order valence-corrected chi connectivity index (χ2v) is 9.40. The van der Waals surface area contributed by atoms with Gasteiger partial charge >= 0.3 is 0 Å². The number of rotatable bonds is 6. The highest BCUT2D eigenvalue weighted by molar-refractivity contribution is 7.79. The van der Waals surface area contributed by atoms with Crippen LogP contribution in [0.2, 0.25) is 0 Å². The summed E-state index contributed by atoms with van der Waals surface area (Å²) in [7, 11) is 0. The molecule has 0 saturated carbocycles. The first-order valence-corrected chi connectivity index (χ1v) is 12.3. The van der Waals surface area contributed by atoms with Crippen molar-refractivity contribution in [2.75, 3.05) is 19.6 Å². The number of nitrogens with zero attached hydrogens (tertiary/aromatic N) is 4. The van der Waals surface area contributed by atoms with Gasteiger partial charge in [-0.1, -0.05) is 47.0 Å². The van der Waals surface area contributed by atoms with Gasteiger partial charge in [-0.2, -0.15) is 9.65 Å². The number of thiol groups is 1. The van der Waals surface area contributed by atoms with Crippen molar-refractivity contribution in [3.8, 4) is 22.3 Å². The van der Waals surface area contributed by atoms with Crippen LogP contribution in [0.15, 0.2) is 72.0 Å². The maximum absolute atomic E-state index is 11.4. The minimum Gasteiger partial charge on any atom is -0.303 e. The van der Waals surface area contributed by atoms with Crippen LogP contribution in [-0.4, -0.2) is 43.7 Å². The van der Waals surface area contributed by atoms with E-state index in [0.717, 1.165) is 40.9 Å². The minimum absolute atomic E-state index is 0.397. The molecule has 2 aromatic heterocycles. The third-order valence-electron chi connectivity index (χ3n) is 6.19. The number of hydrogen-bond acceptors (Lipinski definition) is 4. The maximum atomic E-state index is 11.4. The second kappa shape index (κ2) is 9.32. The van der Waals surface area contributed by atoms with Crippen molar-refractivity contribution in [2.24, 2.45) is 0 Å². The highest BCUT2D eigenvalue weighted by Crippen LogP contribution is 2.27. The molecule has 1 aliphatic rings. The van der Waals surface area contributed by atoms with Gasteiger partial charge in [0.25, 0.3) is 0 Å². The molecule has 0 amide bonds. The maximum Gasteiger partial charge on any atom is 0.235 e. The van der Waals surface area contributed by atoms with E-state index in [9.17, 15) is 8.76 Å². The lowest BCUT2D eigenvalue weighted by Crippen LogP contribution is -2.31. The first kappa shape index (κ1) is 21.0. The van der Waals surface area contributed by atoms with Crippen molar-refractivity contribution in [1.82, 2.24) is 19.5 Å². The Morgan fingerprint density at radius 1 is 0.938 bits per heavy atom. The molecule has 1 saturated heterocycles. The van der Waals surface area contributed by atoms with E-state index in [-0.39, 0.29) is 0 Å². The van der Waals surface area contributed by atoms with Crippen LogP contribution in [0.1, 0.15) is 24.8 Å². The summed E-state index contributed by atoms with van der Waals surface area (Å²) in [5.41, 5.74) is 5.85. The van der Waals surface area contributed by atoms with E-state index in [1.165, 1.54) is 37.9 Å². The van der Waals surface area contributed by atoms with Crippen molar-refractivity contribution < 1.29 is 8.76 Å². The van der Waals surface area contributed by atoms with Gasteiger partial charge in [-0.15, -0.1) is 0 Å². The van der Waals surface area contributed by atoms with Gasteiger partial charge in [-0.25, -0.2) is 9.50 Å². The Kier molecular flexibility index (Phi) is 6.12. The van der Waals surface area contributed by atoms with E-state index in [1.807, 2.05) is 18.5 Å². The average Bonchev–Trinajstić information content (AvgIpc) is 3.27. The summed E-state index contributed by atoms with van der Waals surface area (Å²) in [4.78, 5) is 7.61. The predicted molar refractivity (Wildman–Crippen MR) is 128 cm³/mol. The Morgan fingerprint density at radius 3 is 2.53 bits per heavy atom. The lowest BCUT2D eigenvalue weighted by Gasteiger charge is -2.26. The summed E-state index contributed by atoms with van der Waals surface area (Å²) in [5.74, 6) is 0. The summed E-state index contributed by atoms with van der Waals surface area (Å²) in [5, 5.41) is 4.47. The average molecular weight is 448 g/mol. The molecular weight excluding hydrogens is 420 g/mol. The van der Waals surface area contributed by atoms with Gasteiger partial charge in [0, 0.05) is 36.1 Å². The zero-order valence-corrected chi connectivity index (χ0v) is 18.8. The summed E-state index contributed by atoms with van der Waals surface area (Å²) in [6.07, 6.45) is 10.7. The number of likely N-dealkylation sites (tertiary alicyclic amines) is 1. The molecule has 1 fully saturated rings. The quantitative estimate of drug-likeness (QED) is 0.345. The van der Waals surface area contributed by atoms with Crippen LogP contribution in [0, 0.1) is 0 Å². The summed E-state index contributed by atoms with van der Waals surface area (Å²) in [6, 6.07) is 15.8. The molecule has 0 radical (unpaired) electrons. The van der Waals surface area contributed by atoms with Gasteiger partial charge in [-0.3, -0.25) is 0 Å². The number of aromatic nitrogens is 3. The van der Waals surface area contributed by atoms with Crippen molar-refractivity contribution in [1.29, 1.82) is 0 Å². The Bertz CT molecular complexity index is 1250. The lowest BCUT2D eigenvalue weighted by molar-refractivity contribution is 0.231. The largest absolute Gasteiger partial charge is 0.303 e. The zero-order chi connectivity index (χ0) is 21.9. The highest BCUT2D eigenvalue weighted by atomic mass is 32.2. The van der Waals surface area contributed by atoms with E-state index in [2.05, 4.69) is 39.2 Å². The first-order valence-electron chi connectivity index (χ1n) is 11.1. The van der Waals surface area contributed by atoms with Crippen LogP contribution in [0.3, 0.4) is 0 Å². The van der Waals surface area contributed by atoms with Gasteiger partial charge in [0.1, 0.15) is 0 Å². The minimum atomic E-state index is -2.38. The van der Waals surface area contributed by atoms with Gasteiger partial charge < -0.3 is 4.90 Å². The van der Waals surface area contributed by atoms with Gasteiger partial charge in [0.2, 0.25) is 11.1 Å². The Morgan fingerprint density at radius 2 is 1.75 bits per heavy atom. The molecule has 5 rings (SSSR count). The lowest BCUT2D eigenvalue weighted by atomic mass is 10.0. The van der Waals surface area contributed by atoms with Gasteiger partial charge in [0.15, 0.2) is 10.5 Å². The third kappa shape index (κ3) is 4.50. The fourth-order valence-corrected chi connectivity index (χ4v) is 4.82. The standard InChI is InChI=1S/C25H26N4O2S/c30-32(31)23-6-4-5-21(15-23)24-17-27-29-18-22(16-26-25(24)29)20-9-7-19(8-10-20)11-14-28-12-2-1-3-13-28/h4-10,15-18H,1-3,11-14H2,(H,30,31)/p+1. The first-order chi connectivity index (χ1) is 15.7. The normalized spacial score (nSPS) is 15.8. The van der Waals surface area contributed by atoms with Crippen molar-refractivity contribution in [3.63, 3.8) is 0 Å². The molecule has 1 N–H and O–H groups in total. The van der Waals surface area contributed by atoms with Gasteiger partial charge in [0.05, 0.1) is 6.20 Å².